The minimum Gasteiger partial charge on any atom is -0.480 e. The lowest BCUT2D eigenvalue weighted by atomic mass is 9.99. The van der Waals surface area contributed by atoms with Crippen LogP contribution in [0.5, 0.6) is 5.75 Å². The summed E-state index contributed by atoms with van der Waals surface area (Å²) in [5.74, 6) is -1.38. The first-order valence-corrected chi connectivity index (χ1v) is 12.0. The van der Waals surface area contributed by atoms with Crippen LogP contribution in [0.25, 0.3) is 11.1 Å². The number of ether oxygens (including phenoxy) is 2. The molecule has 0 saturated carbocycles. The molecule has 38 heavy (non-hydrogen) atoms. The maximum absolute atomic E-state index is 12.8. The number of hydrogen-bond donors (Lipinski definition) is 6. The summed E-state index contributed by atoms with van der Waals surface area (Å²) in [6.45, 7) is -0.579. The SMILES string of the molecule is O=C(NC(Cc1ccccc1)C(=O)O)c1ccc(-c2ccccc2O[C@H]2O[C@H](CO)[C@@H](O)[C@@H](O)[C@@H]2O)cc1. The van der Waals surface area contributed by atoms with Crippen molar-refractivity contribution in [3.05, 3.63) is 90.0 Å². The van der Waals surface area contributed by atoms with Crippen molar-refractivity contribution in [2.75, 3.05) is 6.61 Å². The monoisotopic (exact) mass is 523 g/mol. The number of para-hydroxylation sites is 1. The van der Waals surface area contributed by atoms with Gasteiger partial charge < -0.3 is 40.3 Å². The maximum Gasteiger partial charge on any atom is 0.326 e. The van der Waals surface area contributed by atoms with Gasteiger partial charge in [0.15, 0.2) is 0 Å². The zero-order valence-corrected chi connectivity index (χ0v) is 20.3. The normalized spacial score (nSPS) is 23.8. The van der Waals surface area contributed by atoms with E-state index in [1.165, 1.54) is 0 Å². The first-order chi connectivity index (χ1) is 18.3. The Morgan fingerprint density at radius 2 is 1.53 bits per heavy atom. The van der Waals surface area contributed by atoms with Crippen molar-refractivity contribution in [3.63, 3.8) is 0 Å². The number of carboxylic acids is 1. The van der Waals surface area contributed by atoms with Crippen LogP contribution >= 0.6 is 0 Å². The minimum atomic E-state index is -1.58. The molecule has 200 valence electrons. The molecule has 1 fully saturated rings. The van der Waals surface area contributed by atoms with Gasteiger partial charge >= 0.3 is 5.97 Å². The number of rotatable bonds is 9. The number of aliphatic hydroxyl groups is 4. The molecule has 1 aliphatic heterocycles. The van der Waals surface area contributed by atoms with E-state index >= 15 is 0 Å². The van der Waals surface area contributed by atoms with Gasteiger partial charge in [-0.2, -0.15) is 0 Å². The zero-order valence-electron chi connectivity index (χ0n) is 20.3. The second-order valence-electron chi connectivity index (χ2n) is 8.94. The highest BCUT2D eigenvalue weighted by Crippen LogP contribution is 2.33. The van der Waals surface area contributed by atoms with Gasteiger partial charge in [-0.25, -0.2) is 4.79 Å². The van der Waals surface area contributed by atoms with E-state index in [0.29, 0.717) is 16.9 Å². The summed E-state index contributed by atoms with van der Waals surface area (Å²) in [5, 5.41) is 51.9. The molecule has 1 heterocycles. The molecule has 1 saturated heterocycles. The Morgan fingerprint density at radius 1 is 0.868 bits per heavy atom. The molecule has 0 bridgehead atoms. The Bertz CT molecular complexity index is 1230. The summed E-state index contributed by atoms with van der Waals surface area (Å²) in [6.07, 6.45) is -6.97. The molecule has 1 aliphatic rings. The molecule has 10 heteroatoms. The topological polar surface area (TPSA) is 166 Å². The van der Waals surface area contributed by atoms with Crippen molar-refractivity contribution < 1.29 is 44.6 Å². The second kappa shape index (κ2) is 12.2. The van der Waals surface area contributed by atoms with Gasteiger partial charge in [-0.05, 0) is 29.3 Å². The van der Waals surface area contributed by atoms with Crippen molar-refractivity contribution in [1.29, 1.82) is 0 Å². The summed E-state index contributed by atoms with van der Waals surface area (Å²) >= 11 is 0. The molecule has 10 nitrogen and oxygen atoms in total. The highest BCUT2D eigenvalue weighted by Gasteiger charge is 2.44. The summed E-state index contributed by atoms with van der Waals surface area (Å²) in [4.78, 5) is 24.5. The zero-order chi connectivity index (χ0) is 27.2. The summed E-state index contributed by atoms with van der Waals surface area (Å²) in [5.41, 5.74) is 2.29. The highest BCUT2D eigenvalue weighted by molar-refractivity contribution is 5.97. The number of hydrogen-bond acceptors (Lipinski definition) is 8. The smallest absolute Gasteiger partial charge is 0.326 e. The van der Waals surface area contributed by atoms with Crippen molar-refractivity contribution in [2.24, 2.45) is 0 Å². The number of aliphatic hydroxyl groups excluding tert-OH is 4. The summed E-state index contributed by atoms with van der Waals surface area (Å²) in [6, 6.07) is 21.2. The van der Waals surface area contributed by atoms with Crippen LogP contribution in [0.3, 0.4) is 0 Å². The lowest BCUT2D eigenvalue weighted by Gasteiger charge is -2.39. The predicted octanol–water partition coefficient (Wildman–Crippen LogP) is 0.958. The van der Waals surface area contributed by atoms with Gasteiger partial charge in [0, 0.05) is 17.5 Å². The molecule has 0 aliphatic carbocycles. The van der Waals surface area contributed by atoms with E-state index in [0.717, 1.165) is 5.56 Å². The second-order valence-corrected chi connectivity index (χ2v) is 8.94. The van der Waals surface area contributed by atoms with E-state index in [2.05, 4.69) is 5.32 Å². The molecule has 6 atom stereocenters. The van der Waals surface area contributed by atoms with Gasteiger partial charge in [0.25, 0.3) is 5.91 Å². The summed E-state index contributed by atoms with van der Waals surface area (Å²) in [7, 11) is 0. The maximum atomic E-state index is 12.8. The van der Waals surface area contributed by atoms with E-state index in [9.17, 15) is 35.1 Å². The van der Waals surface area contributed by atoms with Crippen LogP contribution in [-0.2, 0) is 16.0 Å². The quantitative estimate of drug-likeness (QED) is 0.240. The fraction of sp³-hybridized carbons (Fsp3) is 0.286. The fourth-order valence-electron chi connectivity index (χ4n) is 4.19. The Hall–Kier alpha value is -3.80. The molecule has 6 N–H and O–H groups in total. The third-order valence-corrected chi connectivity index (χ3v) is 6.32. The number of nitrogens with one attached hydrogen (secondary N) is 1. The van der Waals surface area contributed by atoms with Crippen LogP contribution < -0.4 is 10.1 Å². The van der Waals surface area contributed by atoms with Crippen LogP contribution in [-0.4, -0.2) is 80.8 Å². The number of aliphatic carboxylic acids is 1. The van der Waals surface area contributed by atoms with Gasteiger partial charge in [-0.15, -0.1) is 0 Å². The van der Waals surface area contributed by atoms with Crippen LogP contribution in [0.15, 0.2) is 78.9 Å². The predicted molar refractivity (Wildman–Crippen MR) is 135 cm³/mol. The molecular weight excluding hydrogens is 494 g/mol. The van der Waals surface area contributed by atoms with E-state index in [1.54, 1.807) is 72.8 Å². The standard InChI is InChI=1S/C28H29NO9/c30-15-22-23(31)24(32)25(33)28(38-22)37-21-9-5-4-8-19(21)17-10-12-18(13-11-17)26(34)29-20(27(35)36)14-16-6-2-1-3-7-16/h1-13,20,22-25,28,30-33H,14-15H2,(H,29,34)(H,35,36)/t20?,22-,23-,24-,25+,28+/m1/s1. The number of amides is 1. The highest BCUT2D eigenvalue weighted by atomic mass is 16.7. The van der Waals surface area contributed by atoms with Gasteiger partial charge in [0.05, 0.1) is 6.61 Å². The lowest BCUT2D eigenvalue weighted by Crippen LogP contribution is -2.60. The van der Waals surface area contributed by atoms with Crippen LogP contribution in [0.2, 0.25) is 0 Å². The molecule has 3 aromatic rings. The van der Waals surface area contributed by atoms with Crippen LogP contribution in [0, 0.1) is 0 Å². The average molecular weight is 524 g/mol. The third kappa shape index (κ3) is 6.18. The van der Waals surface area contributed by atoms with E-state index in [4.69, 9.17) is 9.47 Å². The Morgan fingerprint density at radius 3 is 2.18 bits per heavy atom. The molecule has 0 radical (unpaired) electrons. The average Bonchev–Trinajstić information content (AvgIpc) is 2.94. The Kier molecular flexibility index (Phi) is 8.72. The molecule has 0 aromatic heterocycles. The van der Waals surface area contributed by atoms with Gasteiger partial charge in [-0.3, -0.25) is 4.79 Å². The molecule has 3 aromatic carbocycles. The minimum absolute atomic E-state index is 0.142. The third-order valence-electron chi connectivity index (χ3n) is 6.32. The lowest BCUT2D eigenvalue weighted by molar-refractivity contribution is -0.277. The molecule has 1 unspecified atom stereocenters. The Labute approximate surface area is 218 Å². The van der Waals surface area contributed by atoms with Gasteiger partial charge in [0.2, 0.25) is 6.29 Å². The molecule has 4 rings (SSSR count). The van der Waals surface area contributed by atoms with E-state index in [1.807, 2.05) is 6.07 Å². The largest absolute Gasteiger partial charge is 0.480 e. The number of carboxylic acid groups (broad SMARTS) is 1. The van der Waals surface area contributed by atoms with Crippen molar-refractivity contribution in [3.8, 4) is 16.9 Å². The van der Waals surface area contributed by atoms with E-state index < -0.39 is 55.2 Å². The Balaban J connectivity index is 1.48. The van der Waals surface area contributed by atoms with Crippen LogP contribution in [0.4, 0.5) is 0 Å². The molecule has 1 amide bonds. The first-order valence-electron chi connectivity index (χ1n) is 12.0. The van der Waals surface area contributed by atoms with Crippen LogP contribution in [0.1, 0.15) is 15.9 Å². The summed E-state index contributed by atoms with van der Waals surface area (Å²) < 4.78 is 11.3. The first kappa shape index (κ1) is 27.2. The fourth-order valence-corrected chi connectivity index (χ4v) is 4.19. The van der Waals surface area contributed by atoms with Gasteiger partial charge in [-0.1, -0.05) is 60.7 Å². The van der Waals surface area contributed by atoms with Crippen molar-refractivity contribution >= 4 is 11.9 Å². The number of carbonyl (C=O) groups excluding carboxylic acids is 1. The van der Waals surface area contributed by atoms with Crippen molar-refractivity contribution in [1.82, 2.24) is 5.32 Å². The molecule has 0 spiro atoms. The molecular formula is C28H29NO9. The number of carbonyl (C=O) groups is 2. The van der Waals surface area contributed by atoms with E-state index in [-0.39, 0.29) is 12.0 Å². The van der Waals surface area contributed by atoms with Crippen molar-refractivity contribution in [2.45, 2.75) is 43.2 Å². The van der Waals surface area contributed by atoms with Gasteiger partial charge in [0.1, 0.15) is 36.2 Å². The number of benzene rings is 3.